The largest absolute Gasteiger partial charge is 0.487 e. The highest BCUT2D eigenvalue weighted by Gasteiger charge is 2.17. The number of rotatable bonds is 5. The topological polar surface area (TPSA) is 57.2 Å². The van der Waals surface area contributed by atoms with Gasteiger partial charge in [0.05, 0.1) is 5.69 Å². The lowest BCUT2D eigenvalue weighted by Crippen LogP contribution is -2.23. The van der Waals surface area contributed by atoms with Gasteiger partial charge < -0.3 is 10.5 Å². The van der Waals surface area contributed by atoms with Crippen molar-refractivity contribution in [2.24, 2.45) is 5.73 Å². The Labute approximate surface area is 167 Å². The Morgan fingerprint density at radius 1 is 1.07 bits per heavy atom. The zero-order chi connectivity index (χ0) is 20.4. The fraction of sp³-hybridized carbons (Fsp3) is 0.150. The standard InChI is InChI=1S/C20H16BrF3N2O2/c1-11-6-18(28-10-13-3-4-14(22)8-15(13)23)19(21)20(27)26(11)17-5-2-12(9-25)7-16(17)24/h2-8H,9-10,25H2,1H3. The highest BCUT2D eigenvalue weighted by Crippen LogP contribution is 2.26. The molecule has 3 rings (SSSR count). The monoisotopic (exact) mass is 452 g/mol. The van der Waals surface area contributed by atoms with Crippen LogP contribution in [0.1, 0.15) is 16.8 Å². The van der Waals surface area contributed by atoms with E-state index in [1.165, 1.54) is 28.8 Å². The SMILES string of the molecule is Cc1cc(OCc2ccc(F)cc2F)c(Br)c(=O)n1-c1ccc(CN)cc1F. The molecule has 0 unspecified atom stereocenters. The molecule has 146 valence electrons. The minimum atomic E-state index is -0.747. The summed E-state index contributed by atoms with van der Waals surface area (Å²) >= 11 is 3.16. The molecule has 2 N–H and O–H groups in total. The van der Waals surface area contributed by atoms with Crippen molar-refractivity contribution in [3.63, 3.8) is 0 Å². The first-order valence-electron chi connectivity index (χ1n) is 8.29. The predicted octanol–water partition coefficient (Wildman–Crippen LogP) is 4.36. The van der Waals surface area contributed by atoms with Crippen LogP contribution in [-0.4, -0.2) is 4.57 Å². The number of ether oxygens (including phenoxy) is 1. The summed E-state index contributed by atoms with van der Waals surface area (Å²) in [7, 11) is 0. The van der Waals surface area contributed by atoms with E-state index in [4.69, 9.17) is 10.5 Å². The molecule has 0 aliphatic rings. The molecule has 0 fully saturated rings. The summed E-state index contributed by atoms with van der Waals surface area (Å²) in [6.07, 6.45) is 0. The quantitative estimate of drug-likeness (QED) is 0.625. The molecule has 1 heterocycles. The van der Waals surface area contributed by atoms with Crippen LogP contribution in [0.25, 0.3) is 5.69 Å². The smallest absolute Gasteiger partial charge is 0.273 e. The molecule has 0 spiro atoms. The summed E-state index contributed by atoms with van der Waals surface area (Å²) in [4.78, 5) is 12.8. The average molecular weight is 453 g/mol. The molecule has 0 saturated heterocycles. The number of aromatic nitrogens is 1. The lowest BCUT2D eigenvalue weighted by molar-refractivity contribution is 0.296. The molecule has 0 saturated carbocycles. The molecular weight excluding hydrogens is 437 g/mol. The maximum atomic E-state index is 14.4. The summed E-state index contributed by atoms with van der Waals surface area (Å²) in [5.74, 6) is -1.85. The Morgan fingerprint density at radius 2 is 1.82 bits per heavy atom. The maximum absolute atomic E-state index is 14.4. The van der Waals surface area contributed by atoms with Crippen LogP contribution >= 0.6 is 15.9 Å². The summed E-state index contributed by atoms with van der Waals surface area (Å²) in [6, 6.07) is 9.06. The summed E-state index contributed by atoms with van der Waals surface area (Å²) in [5, 5.41) is 0. The molecule has 0 amide bonds. The molecule has 0 aliphatic heterocycles. The predicted molar refractivity (Wildman–Crippen MR) is 103 cm³/mol. The van der Waals surface area contributed by atoms with Crippen LogP contribution in [0.4, 0.5) is 13.2 Å². The first-order chi connectivity index (χ1) is 13.3. The third-order valence-electron chi connectivity index (χ3n) is 4.19. The number of halogens is 4. The van der Waals surface area contributed by atoms with Crippen LogP contribution in [-0.2, 0) is 13.2 Å². The molecule has 0 bridgehead atoms. The highest BCUT2D eigenvalue weighted by atomic mass is 79.9. The van der Waals surface area contributed by atoms with E-state index in [1.807, 2.05) is 0 Å². The van der Waals surface area contributed by atoms with Crippen molar-refractivity contribution in [3.8, 4) is 11.4 Å². The van der Waals surface area contributed by atoms with Gasteiger partial charge in [-0.2, -0.15) is 0 Å². The number of nitrogens with zero attached hydrogens (tertiary/aromatic N) is 1. The van der Waals surface area contributed by atoms with E-state index in [2.05, 4.69) is 15.9 Å². The van der Waals surface area contributed by atoms with Crippen LogP contribution in [0.2, 0.25) is 0 Å². The molecule has 1 aromatic heterocycles. The van der Waals surface area contributed by atoms with Crippen molar-refractivity contribution >= 4 is 15.9 Å². The van der Waals surface area contributed by atoms with E-state index < -0.39 is 23.0 Å². The van der Waals surface area contributed by atoms with Crippen LogP contribution in [0.5, 0.6) is 5.75 Å². The second-order valence-corrected chi connectivity index (χ2v) is 6.91. The zero-order valence-electron chi connectivity index (χ0n) is 14.8. The number of nitrogens with two attached hydrogens (primary N) is 1. The number of benzene rings is 2. The molecule has 3 aromatic rings. The number of hydrogen-bond donors (Lipinski definition) is 1. The van der Waals surface area contributed by atoms with Crippen molar-refractivity contribution in [2.75, 3.05) is 0 Å². The second-order valence-electron chi connectivity index (χ2n) is 6.12. The van der Waals surface area contributed by atoms with E-state index in [-0.39, 0.29) is 34.6 Å². The van der Waals surface area contributed by atoms with Gasteiger partial charge in [0, 0.05) is 29.9 Å². The van der Waals surface area contributed by atoms with Crippen molar-refractivity contribution in [2.45, 2.75) is 20.1 Å². The normalized spacial score (nSPS) is 10.9. The Hall–Kier alpha value is -2.58. The highest BCUT2D eigenvalue weighted by molar-refractivity contribution is 9.10. The third-order valence-corrected chi connectivity index (χ3v) is 4.92. The van der Waals surface area contributed by atoms with Gasteiger partial charge in [-0.05, 0) is 52.7 Å². The van der Waals surface area contributed by atoms with Gasteiger partial charge in [0.2, 0.25) is 0 Å². The van der Waals surface area contributed by atoms with Gasteiger partial charge in [-0.3, -0.25) is 9.36 Å². The van der Waals surface area contributed by atoms with E-state index >= 15 is 0 Å². The number of pyridine rings is 1. The van der Waals surface area contributed by atoms with Crippen molar-refractivity contribution in [1.82, 2.24) is 4.57 Å². The molecule has 28 heavy (non-hydrogen) atoms. The molecule has 4 nitrogen and oxygen atoms in total. The van der Waals surface area contributed by atoms with Gasteiger partial charge in [-0.1, -0.05) is 6.07 Å². The fourth-order valence-corrected chi connectivity index (χ4v) is 3.14. The van der Waals surface area contributed by atoms with Gasteiger partial charge in [0.25, 0.3) is 5.56 Å². The second kappa shape index (κ2) is 8.20. The first kappa shape index (κ1) is 20.2. The average Bonchev–Trinajstić information content (AvgIpc) is 2.66. The molecule has 0 radical (unpaired) electrons. The van der Waals surface area contributed by atoms with E-state index in [0.29, 0.717) is 11.3 Å². The number of hydrogen-bond acceptors (Lipinski definition) is 3. The van der Waals surface area contributed by atoms with Gasteiger partial charge >= 0.3 is 0 Å². The lowest BCUT2D eigenvalue weighted by Gasteiger charge is -2.15. The van der Waals surface area contributed by atoms with E-state index in [0.717, 1.165) is 12.1 Å². The Balaban J connectivity index is 1.95. The number of aryl methyl sites for hydroxylation is 1. The van der Waals surface area contributed by atoms with Crippen LogP contribution < -0.4 is 16.0 Å². The van der Waals surface area contributed by atoms with Crippen LogP contribution in [0, 0.1) is 24.4 Å². The minimum absolute atomic E-state index is 0.0583. The van der Waals surface area contributed by atoms with Crippen molar-refractivity contribution in [3.05, 3.63) is 91.6 Å². The summed E-state index contributed by atoms with van der Waals surface area (Å²) < 4.78 is 48.0. The fourth-order valence-electron chi connectivity index (χ4n) is 2.74. The van der Waals surface area contributed by atoms with Gasteiger partial charge in [-0.15, -0.1) is 0 Å². The van der Waals surface area contributed by atoms with E-state index in [1.54, 1.807) is 13.0 Å². The van der Waals surface area contributed by atoms with Gasteiger partial charge in [0.15, 0.2) is 0 Å². The molecule has 8 heteroatoms. The van der Waals surface area contributed by atoms with Gasteiger partial charge in [-0.25, -0.2) is 13.2 Å². The molecular formula is C20H16BrF3N2O2. The molecule has 0 aliphatic carbocycles. The van der Waals surface area contributed by atoms with Crippen LogP contribution in [0.15, 0.2) is 51.7 Å². The molecule has 0 atom stereocenters. The first-order valence-corrected chi connectivity index (χ1v) is 9.09. The minimum Gasteiger partial charge on any atom is -0.487 e. The third kappa shape index (κ3) is 3.98. The Bertz CT molecular complexity index is 1100. The van der Waals surface area contributed by atoms with Gasteiger partial charge in [0.1, 0.15) is 34.3 Å². The summed E-state index contributed by atoms with van der Waals surface area (Å²) in [6.45, 7) is 1.60. The van der Waals surface area contributed by atoms with Crippen molar-refractivity contribution in [1.29, 1.82) is 0 Å². The Kier molecular flexibility index (Phi) is 5.90. The maximum Gasteiger partial charge on any atom is 0.273 e. The van der Waals surface area contributed by atoms with E-state index in [9.17, 15) is 18.0 Å². The van der Waals surface area contributed by atoms with Crippen LogP contribution in [0.3, 0.4) is 0 Å². The summed E-state index contributed by atoms with van der Waals surface area (Å²) in [5.41, 5.74) is 6.21. The zero-order valence-corrected chi connectivity index (χ0v) is 16.4. The van der Waals surface area contributed by atoms with Crippen molar-refractivity contribution < 1.29 is 17.9 Å². The Morgan fingerprint density at radius 3 is 2.46 bits per heavy atom. The molecule has 2 aromatic carbocycles. The lowest BCUT2D eigenvalue weighted by atomic mass is 10.2.